The molecule has 0 aliphatic carbocycles. The average Bonchev–Trinajstić information content (AvgIpc) is 3.21. The number of nitrogens with zero attached hydrogens (tertiary/aromatic N) is 2. The van der Waals surface area contributed by atoms with E-state index in [1.165, 1.54) is 42.4 Å². The van der Waals surface area contributed by atoms with E-state index >= 15 is 0 Å². The minimum Gasteiger partial charge on any atom is -0.494 e. The van der Waals surface area contributed by atoms with Gasteiger partial charge in [0.1, 0.15) is 10.8 Å². The van der Waals surface area contributed by atoms with Gasteiger partial charge in [0.05, 0.1) is 12.3 Å². The predicted molar refractivity (Wildman–Crippen MR) is 125 cm³/mol. The summed E-state index contributed by atoms with van der Waals surface area (Å²) in [6.45, 7) is 7.01. The van der Waals surface area contributed by atoms with Crippen LogP contribution in [0.1, 0.15) is 45.2 Å². The molecule has 3 rings (SSSR count). The maximum atomic E-state index is 5.55. The monoisotopic (exact) mass is 408 g/mol. The van der Waals surface area contributed by atoms with Gasteiger partial charge >= 0.3 is 0 Å². The van der Waals surface area contributed by atoms with Gasteiger partial charge in [-0.2, -0.15) is 0 Å². The maximum Gasteiger partial charge on any atom is 0.123 e. The summed E-state index contributed by atoms with van der Waals surface area (Å²) in [5, 5.41) is 3.29. The van der Waals surface area contributed by atoms with E-state index in [4.69, 9.17) is 9.72 Å². The van der Waals surface area contributed by atoms with Crippen LogP contribution in [0, 0.1) is 0 Å². The van der Waals surface area contributed by atoms with Crippen LogP contribution in [0.4, 0.5) is 0 Å². The van der Waals surface area contributed by atoms with Crippen LogP contribution in [0.2, 0.25) is 0 Å². The third-order valence-corrected chi connectivity index (χ3v) is 5.93. The summed E-state index contributed by atoms with van der Waals surface area (Å²) in [4.78, 5) is 7.27. The normalized spacial score (nSPS) is 11.2. The highest BCUT2D eigenvalue weighted by molar-refractivity contribution is 7.13. The molecule has 29 heavy (non-hydrogen) atoms. The fourth-order valence-electron chi connectivity index (χ4n) is 3.42. The molecule has 0 spiro atoms. The molecule has 0 bridgehead atoms. The summed E-state index contributed by atoms with van der Waals surface area (Å²) in [5.41, 5.74) is 4.74. The number of ether oxygens (including phenoxy) is 1. The van der Waals surface area contributed by atoms with E-state index in [0.29, 0.717) is 6.61 Å². The van der Waals surface area contributed by atoms with Crippen LogP contribution in [0.3, 0.4) is 0 Å². The molecule has 0 unspecified atom stereocenters. The molecule has 4 heteroatoms. The summed E-state index contributed by atoms with van der Waals surface area (Å²) >= 11 is 1.73. The third kappa shape index (κ3) is 6.41. The largest absolute Gasteiger partial charge is 0.494 e. The van der Waals surface area contributed by atoms with Gasteiger partial charge in [-0.1, -0.05) is 56.5 Å². The Kier molecular flexibility index (Phi) is 8.26. The number of hydrogen-bond acceptors (Lipinski definition) is 4. The van der Waals surface area contributed by atoms with Crippen LogP contribution in [0.25, 0.3) is 21.7 Å². The highest BCUT2D eigenvalue weighted by Crippen LogP contribution is 2.29. The topological polar surface area (TPSA) is 25.4 Å². The molecule has 0 fully saturated rings. The smallest absolute Gasteiger partial charge is 0.123 e. The summed E-state index contributed by atoms with van der Waals surface area (Å²) in [6.07, 6.45) is 5.21. The molecule has 1 aromatic heterocycles. The Labute approximate surface area is 179 Å². The first kappa shape index (κ1) is 21.5. The van der Waals surface area contributed by atoms with Crippen molar-refractivity contribution in [2.45, 2.75) is 46.1 Å². The van der Waals surface area contributed by atoms with Crippen LogP contribution in [0.5, 0.6) is 5.75 Å². The zero-order valence-electron chi connectivity index (χ0n) is 17.9. The van der Waals surface area contributed by atoms with Gasteiger partial charge < -0.3 is 9.64 Å². The first-order chi connectivity index (χ1) is 14.2. The van der Waals surface area contributed by atoms with Crippen LogP contribution < -0.4 is 4.74 Å². The molecule has 0 saturated heterocycles. The van der Waals surface area contributed by atoms with E-state index in [1.807, 2.05) is 19.1 Å². The van der Waals surface area contributed by atoms with Gasteiger partial charge in [-0.05, 0) is 56.3 Å². The first-order valence-corrected chi connectivity index (χ1v) is 11.5. The van der Waals surface area contributed by atoms with E-state index in [1.54, 1.807) is 11.3 Å². The molecule has 0 N–H and O–H groups in total. The van der Waals surface area contributed by atoms with Gasteiger partial charge in [0.25, 0.3) is 0 Å². The predicted octanol–water partition coefficient (Wildman–Crippen LogP) is 6.89. The summed E-state index contributed by atoms with van der Waals surface area (Å²) in [5.74, 6) is 0.913. The standard InChI is InChI=1S/C25H32N2OS/c1-4-6-7-8-16-27(3)18-23-19-29-25(26-23)22-11-9-10-21(17-22)20-12-14-24(15-13-20)28-5-2/h9-15,17,19H,4-8,16,18H2,1-3H3. The highest BCUT2D eigenvalue weighted by Gasteiger charge is 2.09. The van der Waals surface area contributed by atoms with E-state index in [2.05, 4.69) is 60.6 Å². The SMILES string of the molecule is CCCCCCN(C)Cc1csc(-c2cccc(-c3ccc(OCC)cc3)c2)n1. The Morgan fingerprint density at radius 3 is 2.48 bits per heavy atom. The van der Waals surface area contributed by atoms with Gasteiger partial charge in [-0.25, -0.2) is 4.98 Å². The van der Waals surface area contributed by atoms with Crippen molar-refractivity contribution < 1.29 is 4.74 Å². The Morgan fingerprint density at radius 2 is 1.72 bits per heavy atom. The second-order valence-electron chi connectivity index (χ2n) is 7.48. The number of unbranched alkanes of at least 4 members (excludes halogenated alkanes) is 3. The molecule has 1 heterocycles. The average molecular weight is 409 g/mol. The van der Waals surface area contributed by atoms with Crippen LogP contribution in [-0.2, 0) is 6.54 Å². The molecule has 154 valence electrons. The van der Waals surface area contributed by atoms with Crippen molar-refractivity contribution in [3.63, 3.8) is 0 Å². The summed E-state index contributed by atoms with van der Waals surface area (Å²) in [7, 11) is 2.19. The molecule has 0 atom stereocenters. The van der Waals surface area contributed by atoms with Crippen molar-refractivity contribution in [2.75, 3.05) is 20.2 Å². The van der Waals surface area contributed by atoms with Gasteiger partial charge in [0, 0.05) is 17.5 Å². The zero-order chi connectivity index (χ0) is 20.5. The minimum atomic E-state index is 0.690. The second-order valence-corrected chi connectivity index (χ2v) is 8.34. The van der Waals surface area contributed by atoms with E-state index in [9.17, 15) is 0 Å². The number of benzene rings is 2. The van der Waals surface area contributed by atoms with Gasteiger partial charge in [0.15, 0.2) is 0 Å². The number of thiazole rings is 1. The molecule has 0 saturated carbocycles. The first-order valence-electron chi connectivity index (χ1n) is 10.7. The third-order valence-electron chi connectivity index (χ3n) is 4.99. The number of hydrogen-bond donors (Lipinski definition) is 0. The van der Waals surface area contributed by atoms with Gasteiger partial charge in [-0.15, -0.1) is 11.3 Å². The van der Waals surface area contributed by atoms with Crippen molar-refractivity contribution in [3.05, 3.63) is 59.6 Å². The maximum absolute atomic E-state index is 5.55. The van der Waals surface area contributed by atoms with E-state index in [0.717, 1.165) is 29.5 Å². The molecule has 0 aliphatic heterocycles. The van der Waals surface area contributed by atoms with E-state index < -0.39 is 0 Å². The number of rotatable bonds is 11. The minimum absolute atomic E-state index is 0.690. The molecule has 0 amide bonds. The van der Waals surface area contributed by atoms with E-state index in [-0.39, 0.29) is 0 Å². The lowest BCUT2D eigenvalue weighted by atomic mass is 10.0. The van der Waals surface area contributed by atoms with Crippen molar-refractivity contribution >= 4 is 11.3 Å². The quantitative estimate of drug-likeness (QED) is 0.323. The van der Waals surface area contributed by atoms with Crippen LogP contribution >= 0.6 is 11.3 Å². The van der Waals surface area contributed by atoms with Gasteiger partial charge in [0.2, 0.25) is 0 Å². The highest BCUT2D eigenvalue weighted by atomic mass is 32.1. The molecule has 0 aliphatic rings. The van der Waals surface area contributed by atoms with Gasteiger partial charge in [-0.3, -0.25) is 0 Å². The van der Waals surface area contributed by atoms with Crippen molar-refractivity contribution in [1.29, 1.82) is 0 Å². The molecule has 3 nitrogen and oxygen atoms in total. The number of aromatic nitrogens is 1. The molecular weight excluding hydrogens is 376 g/mol. The van der Waals surface area contributed by atoms with Crippen LogP contribution in [-0.4, -0.2) is 30.1 Å². The molecule has 3 aromatic rings. The van der Waals surface area contributed by atoms with Crippen LogP contribution in [0.15, 0.2) is 53.9 Å². The zero-order valence-corrected chi connectivity index (χ0v) is 18.7. The lowest BCUT2D eigenvalue weighted by Gasteiger charge is -2.14. The summed E-state index contributed by atoms with van der Waals surface area (Å²) < 4.78 is 5.55. The Balaban J connectivity index is 1.65. The Morgan fingerprint density at radius 1 is 0.931 bits per heavy atom. The lowest BCUT2D eigenvalue weighted by Crippen LogP contribution is -2.19. The molecular formula is C25H32N2OS. The molecule has 0 radical (unpaired) electrons. The molecule has 2 aromatic carbocycles. The Bertz CT molecular complexity index is 873. The lowest BCUT2D eigenvalue weighted by molar-refractivity contribution is 0.314. The van der Waals surface area contributed by atoms with Crippen molar-refractivity contribution in [1.82, 2.24) is 9.88 Å². The van der Waals surface area contributed by atoms with Crippen molar-refractivity contribution in [2.24, 2.45) is 0 Å². The van der Waals surface area contributed by atoms with Crippen molar-refractivity contribution in [3.8, 4) is 27.4 Å². The Hall–Kier alpha value is -2.17. The second kappa shape index (κ2) is 11.1. The summed E-state index contributed by atoms with van der Waals surface area (Å²) in [6, 6.07) is 16.9. The fraction of sp³-hybridized carbons (Fsp3) is 0.400. The fourth-order valence-corrected chi connectivity index (χ4v) is 4.23.